The summed E-state index contributed by atoms with van der Waals surface area (Å²) in [5.41, 5.74) is 2.56. The maximum absolute atomic E-state index is 13.2. The molecule has 1 N–H and O–H groups in total. The Balaban J connectivity index is 1.58. The molecule has 3 aromatic carbocycles. The molecule has 7 heteroatoms. The van der Waals surface area contributed by atoms with Crippen LogP contribution < -0.4 is 9.62 Å². The number of para-hydroxylation sites is 1. The van der Waals surface area contributed by atoms with Crippen LogP contribution in [-0.2, 0) is 10.0 Å². The summed E-state index contributed by atoms with van der Waals surface area (Å²) in [6, 6.07) is 29.6. The third kappa shape index (κ3) is 5.00. The molecule has 4 aromatic rings. The summed E-state index contributed by atoms with van der Waals surface area (Å²) in [5.74, 6) is -0.320. The number of amides is 1. The lowest BCUT2D eigenvalue weighted by Gasteiger charge is -2.23. The Kier molecular flexibility index (Phi) is 7.04. The van der Waals surface area contributed by atoms with Crippen LogP contribution in [0.15, 0.2) is 114 Å². The zero-order valence-electron chi connectivity index (χ0n) is 18.7. The van der Waals surface area contributed by atoms with E-state index in [1.54, 1.807) is 37.4 Å². The highest BCUT2D eigenvalue weighted by Gasteiger charge is 2.24. The van der Waals surface area contributed by atoms with E-state index >= 15 is 0 Å². The predicted octanol–water partition coefficient (Wildman–Crippen LogP) is 4.82. The van der Waals surface area contributed by atoms with Crippen molar-refractivity contribution in [1.29, 1.82) is 0 Å². The molecular weight excluding hydrogens is 446 g/mol. The highest BCUT2D eigenvalue weighted by atomic mass is 32.2. The SMILES string of the molecule is CCN(c1ccccc1)S(=O)(=O)c1ccc(C(=O)NC(c2ccccc2)c2ccccn2)cc1. The normalized spacial score (nSPS) is 12.0. The van der Waals surface area contributed by atoms with Crippen LogP contribution in [0.3, 0.4) is 0 Å². The Labute approximate surface area is 200 Å². The third-order valence-electron chi connectivity index (χ3n) is 5.43. The summed E-state index contributed by atoms with van der Waals surface area (Å²) in [5, 5.41) is 3.02. The number of rotatable bonds is 8. The number of anilines is 1. The largest absolute Gasteiger partial charge is 0.340 e. The van der Waals surface area contributed by atoms with Gasteiger partial charge in [-0.2, -0.15) is 0 Å². The second-order valence-corrected chi connectivity index (χ2v) is 9.46. The molecule has 4 rings (SSSR count). The molecule has 1 amide bonds. The Bertz CT molecular complexity index is 1290. The van der Waals surface area contributed by atoms with Crippen molar-refractivity contribution in [3.05, 3.63) is 126 Å². The van der Waals surface area contributed by atoms with E-state index in [1.807, 2.05) is 54.6 Å². The van der Waals surface area contributed by atoms with Gasteiger partial charge in [0.1, 0.15) is 0 Å². The van der Waals surface area contributed by atoms with Crippen molar-refractivity contribution in [1.82, 2.24) is 10.3 Å². The molecule has 1 atom stereocenters. The molecule has 0 aliphatic carbocycles. The number of pyridine rings is 1. The first-order valence-corrected chi connectivity index (χ1v) is 12.4. The van der Waals surface area contributed by atoms with Crippen molar-refractivity contribution in [3.63, 3.8) is 0 Å². The summed E-state index contributed by atoms with van der Waals surface area (Å²) < 4.78 is 27.8. The monoisotopic (exact) mass is 471 g/mol. The lowest BCUT2D eigenvalue weighted by Crippen LogP contribution is -2.31. The molecule has 0 aliphatic heterocycles. The minimum absolute atomic E-state index is 0.124. The molecule has 34 heavy (non-hydrogen) atoms. The van der Waals surface area contributed by atoms with Gasteiger partial charge in [0.2, 0.25) is 0 Å². The van der Waals surface area contributed by atoms with Gasteiger partial charge < -0.3 is 5.32 Å². The van der Waals surface area contributed by atoms with Gasteiger partial charge in [-0.15, -0.1) is 0 Å². The third-order valence-corrected chi connectivity index (χ3v) is 7.34. The molecule has 1 aromatic heterocycles. The van der Waals surface area contributed by atoms with Crippen molar-refractivity contribution in [2.45, 2.75) is 17.9 Å². The van der Waals surface area contributed by atoms with E-state index in [0.29, 0.717) is 16.9 Å². The quantitative estimate of drug-likeness (QED) is 0.400. The number of nitrogens with one attached hydrogen (secondary N) is 1. The lowest BCUT2D eigenvalue weighted by molar-refractivity contribution is 0.0942. The molecule has 172 valence electrons. The maximum Gasteiger partial charge on any atom is 0.264 e. The number of aromatic nitrogens is 1. The number of carbonyl (C=O) groups excluding carboxylic acids is 1. The molecule has 0 bridgehead atoms. The minimum Gasteiger partial charge on any atom is -0.340 e. The average molecular weight is 472 g/mol. The summed E-state index contributed by atoms with van der Waals surface area (Å²) in [6.07, 6.45) is 1.68. The number of carbonyl (C=O) groups is 1. The number of hydrogen-bond donors (Lipinski definition) is 1. The second-order valence-electron chi connectivity index (χ2n) is 7.60. The van der Waals surface area contributed by atoms with Crippen LogP contribution in [0.25, 0.3) is 0 Å². The molecule has 0 spiro atoms. The van der Waals surface area contributed by atoms with Crippen LogP contribution in [0.5, 0.6) is 0 Å². The maximum atomic E-state index is 13.2. The van der Waals surface area contributed by atoms with Crippen molar-refractivity contribution in [3.8, 4) is 0 Å². The van der Waals surface area contributed by atoms with E-state index in [-0.39, 0.29) is 17.3 Å². The highest BCUT2D eigenvalue weighted by Crippen LogP contribution is 2.24. The van der Waals surface area contributed by atoms with Gasteiger partial charge in [0.05, 0.1) is 22.3 Å². The van der Waals surface area contributed by atoms with Crippen molar-refractivity contribution in [2.24, 2.45) is 0 Å². The fourth-order valence-corrected chi connectivity index (χ4v) is 5.20. The topological polar surface area (TPSA) is 79.4 Å². The van der Waals surface area contributed by atoms with Gasteiger partial charge in [0, 0.05) is 18.3 Å². The summed E-state index contributed by atoms with van der Waals surface area (Å²) in [6.45, 7) is 2.07. The number of nitrogens with zero attached hydrogens (tertiary/aromatic N) is 2. The van der Waals surface area contributed by atoms with E-state index in [0.717, 1.165) is 5.56 Å². The average Bonchev–Trinajstić information content (AvgIpc) is 2.89. The van der Waals surface area contributed by atoms with Gasteiger partial charge in [-0.3, -0.25) is 14.1 Å². The highest BCUT2D eigenvalue weighted by molar-refractivity contribution is 7.92. The zero-order valence-corrected chi connectivity index (χ0v) is 19.5. The summed E-state index contributed by atoms with van der Waals surface area (Å²) in [7, 11) is -3.76. The molecule has 6 nitrogen and oxygen atoms in total. The number of sulfonamides is 1. The van der Waals surface area contributed by atoms with Crippen LogP contribution in [0.4, 0.5) is 5.69 Å². The van der Waals surface area contributed by atoms with Crippen LogP contribution in [0, 0.1) is 0 Å². The number of benzene rings is 3. The van der Waals surface area contributed by atoms with E-state index in [9.17, 15) is 13.2 Å². The van der Waals surface area contributed by atoms with E-state index in [2.05, 4.69) is 10.3 Å². The summed E-state index contributed by atoms with van der Waals surface area (Å²) in [4.78, 5) is 17.6. The molecule has 0 aliphatic rings. The Hall–Kier alpha value is -3.97. The second kappa shape index (κ2) is 10.3. The molecule has 0 radical (unpaired) electrons. The molecule has 0 saturated heterocycles. The Morgan fingerprint density at radius 3 is 2.06 bits per heavy atom. The molecule has 1 unspecified atom stereocenters. The fraction of sp³-hybridized carbons (Fsp3) is 0.111. The van der Waals surface area contributed by atoms with Crippen LogP contribution in [0.2, 0.25) is 0 Å². The Morgan fingerprint density at radius 2 is 1.47 bits per heavy atom. The van der Waals surface area contributed by atoms with Crippen LogP contribution in [-0.4, -0.2) is 25.9 Å². The smallest absolute Gasteiger partial charge is 0.264 e. The molecule has 0 saturated carbocycles. The first-order chi connectivity index (χ1) is 16.5. The molecule has 1 heterocycles. The van der Waals surface area contributed by atoms with Gasteiger partial charge in [-0.1, -0.05) is 54.6 Å². The van der Waals surface area contributed by atoms with Gasteiger partial charge in [0.15, 0.2) is 0 Å². The Morgan fingerprint density at radius 1 is 0.853 bits per heavy atom. The van der Waals surface area contributed by atoms with Gasteiger partial charge in [-0.25, -0.2) is 8.42 Å². The standard InChI is InChI=1S/C27H25N3O3S/c1-2-30(23-13-7-4-8-14-23)34(32,33)24-18-16-22(17-19-24)27(31)29-26(21-11-5-3-6-12-21)25-15-9-10-20-28-25/h3-20,26H,2H2,1H3,(H,29,31). The van der Waals surface area contributed by atoms with Crippen LogP contribution >= 0.6 is 0 Å². The minimum atomic E-state index is -3.76. The molecular formula is C27H25N3O3S. The van der Waals surface area contributed by atoms with E-state index in [4.69, 9.17) is 0 Å². The van der Waals surface area contributed by atoms with Gasteiger partial charge in [-0.05, 0) is 61.0 Å². The van der Waals surface area contributed by atoms with Crippen molar-refractivity contribution in [2.75, 3.05) is 10.8 Å². The summed E-state index contributed by atoms with van der Waals surface area (Å²) >= 11 is 0. The molecule has 0 fully saturated rings. The van der Waals surface area contributed by atoms with E-state index < -0.39 is 16.1 Å². The number of hydrogen-bond acceptors (Lipinski definition) is 4. The van der Waals surface area contributed by atoms with Crippen molar-refractivity contribution >= 4 is 21.6 Å². The van der Waals surface area contributed by atoms with E-state index in [1.165, 1.54) is 28.6 Å². The van der Waals surface area contributed by atoms with Crippen molar-refractivity contribution < 1.29 is 13.2 Å². The first-order valence-electron chi connectivity index (χ1n) is 11.0. The lowest BCUT2D eigenvalue weighted by atomic mass is 10.0. The zero-order chi connectivity index (χ0) is 24.0. The first kappa shape index (κ1) is 23.2. The van der Waals surface area contributed by atoms with Gasteiger partial charge >= 0.3 is 0 Å². The fourth-order valence-electron chi connectivity index (χ4n) is 3.73. The van der Waals surface area contributed by atoms with Crippen LogP contribution in [0.1, 0.15) is 34.6 Å². The predicted molar refractivity (Wildman–Crippen MR) is 133 cm³/mol. The van der Waals surface area contributed by atoms with Gasteiger partial charge in [0.25, 0.3) is 15.9 Å².